The van der Waals surface area contributed by atoms with Crippen LogP contribution in [0.1, 0.15) is 52.9 Å². The van der Waals surface area contributed by atoms with Crippen LogP contribution in [-0.2, 0) is 24.0 Å². The standard InChI is InChI=1S/C17H25NO7/c1-9-4-5-13-11(8-10(2)18(20)21)14(19)22-15-17(13)12(9)6-7-16(3,23-15)24-25-17/h9-13,15H,4-8H2,1-3H3/t9-,10?,11-,12+,13+,15-,16-,17-/m1/s1. The van der Waals surface area contributed by atoms with Crippen LogP contribution in [0, 0.1) is 33.8 Å². The van der Waals surface area contributed by atoms with Crippen LogP contribution in [-0.4, -0.2) is 34.6 Å². The van der Waals surface area contributed by atoms with Gasteiger partial charge in [0.2, 0.25) is 18.1 Å². The van der Waals surface area contributed by atoms with Crippen molar-refractivity contribution in [1.29, 1.82) is 0 Å². The maximum atomic E-state index is 12.7. The third-order valence-electron chi connectivity index (χ3n) is 6.74. The van der Waals surface area contributed by atoms with Crippen molar-refractivity contribution in [2.75, 3.05) is 0 Å². The highest BCUT2D eigenvalue weighted by atomic mass is 17.3. The van der Waals surface area contributed by atoms with Crippen LogP contribution < -0.4 is 0 Å². The molecule has 0 amide bonds. The molecule has 0 N–H and O–H groups in total. The van der Waals surface area contributed by atoms with E-state index in [0.717, 1.165) is 19.3 Å². The highest BCUT2D eigenvalue weighted by molar-refractivity contribution is 5.74. The Morgan fingerprint density at radius 3 is 2.76 bits per heavy atom. The molecule has 25 heavy (non-hydrogen) atoms. The lowest BCUT2D eigenvalue weighted by molar-refractivity contribution is -0.561. The number of carbonyl (C=O) groups excluding carboxylic acids is 1. The molecule has 4 heterocycles. The summed E-state index contributed by atoms with van der Waals surface area (Å²) in [7, 11) is 0. The molecule has 5 aliphatic rings. The van der Waals surface area contributed by atoms with Gasteiger partial charge in [0.25, 0.3) is 0 Å². The van der Waals surface area contributed by atoms with Crippen LogP contribution in [0.4, 0.5) is 0 Å². The van der Waals surface area contributed by atoms with E-state index in [2.05, 4.69) is 6.92 Å². The number of hydrogen-bond acceptors (Lipinski definition) is 7. The zero-order chi connectivity index (χ0) is 18.0. The summed E-state index contributed by atoms with van der Waals surface area (Å²) in [5, 5.41) is 11.1. The minimum absolute atomic E-state index is 0.141. The Hall–Kier alpha value is -1.25. The van der Waals surface area contributed by atoms with Gasteiger partial charge in [-0.25, -0.2) is 9.78 Å². The average Bonchev–Trinajstić information content (AvgIpc) is 2.78. The second kappa shape index (κ2) is 5.62. The van der Waals surface area contributed by atoms with Gasteiger partial charge < -0.3 is 9.47 Å². The fourth-order valence-corrected chi connectivity index (χ4v) is 5.33. The average molecular weight is 355 g/mol. The molecular formula is C17H25NO7. The van der Waals surface area contributed by atoms with Gasteiger partial charge in [0, 0.05) is 36.5 Å². The number of esters is 1. The van der Waals surface area contributed by atoms with Gasteiger partial charge in [0.15, 0.2) is 5.60 Å². The first-order valence-corrected chi connectivity index (χ1v) is 9.15. The molecule has 0 aromatic heterocycles. The summed E-state index contributed by atoms with van der Waals surface area (Å²) >= 11 is 0. The van der Waals surface area contributed by atoms with Gasteiger partial charge in [-0.15, -0.1) is 0 Å². The number of ether oxygens (including phenoxy) is 2. The van der Waals surface area contributed by atoms with Crippen molar-refractivity contribution in [3.05, 3.63) is 10.1 Å². The van der Waals surface area contributed by atoms with Crippen LogP contribution in [0.5, 0.6) is 0 Å². The zero-order valence-corrected chi connectivity index (χ0v) is 14.8. The Labute approximate surface area is 146 Å². The van der Waals surface area contributed by atoms with Crippen LogP contribution >= 0.6 is 0 Å². The Morgan fingerprint density at radius 2 is 2.04 bits per heavy atom. The van der Waals surface area contributed by atoms with Crippen molar-refractivity contribution in [2.24, 2.45) is 23.7 Å². The first-order chi connectivity index (χ1) is 11.8. The number of nitro groups is 1. The van der Waals surface area contributed by atoms with E-state index in [1.54, 1.807) is 6.92 Å². The summed E-state index contributed by atoms with van der Waals surface area (Å²) in [6.45, 7) is 5.51. The van der Waals surface area contributed by atoms with E-state index < -0.39 is 35.6 Å². The molecule has 0 aromatic carbocycles. The second-order valence-corrected chi connectivity index (χ2v) is 8.32. The number of hydrogen-bond donors (Lipinski definition) is 0. The Balaban J connectivity index is 1.73. The predicted octanol–water partition coefficient (Wildman–Crippen LogP) is 2.43. The molecule has 1 aliphatic carbocycles. The SMILES string of the molecule is CC(C[C@H]1C(=O)O[C@@H]2O[C@@]3(C)CC[C@H]4[C@H](C)CC[C@@H]1[C@@]24OO3)[N+](=O)[O-]. The highest BCUT2D eigenvalue weighted by Gasteiger charge is 2.70. The van der Waals surface area contributed by atoms with Crippen molar-refractivity contribution in [3.8, 4) is 0 Å². The van der Waals surface area contributed by atoms with Gasteiger partial charge in [0.05, 0.1) is 5.92 Å². The van der Waals surface area contributed by atoms with E-state index in [1.165, 1.54) is 6.92 Å². The molecule has 140 valence electrons. The molecule has 0 radical (unpaired) electrons. The first-order valence-electron chi connectivity index (χ1n) is 9.15. The van der Waals surface area contributed by atoms with Gasteiger partial charge in [-0.2, -0.15) is 0 Å². The first kappa shape index (κ1) is 17.2. The van der Waals surface area contributed by atoms with Crippen molar-refractivity contribution in [3.63, 3.8) is 0 Å². The maximum absolute atomic E-state index is 12.7. The van der Waals surface area contributed by atoms with E-state index in [4.69, 9.17) is 19.2 Å². The van der Waals surface area contributed by atoms with Crippen LogP contribution in [0.15, 0.2) is 0 Å². The van der Waals surface area contributed by atoms with E-state index in [9.17, 15) is 14.9 Å². The summed E-state index contributed by atoms with van der Waals surface area (Å²) in [6.07, 6.45) is 2.58. The lowest BCUT2D eigenvalue weighted by Gasteiger charge is -2.58. The fourth-order valence-electron chi connectivity index (χ4n) is 5.33. The Bertz CT molecular complexity index is 598. The Kier molecular flexibility index (Phi) is 3.86. The molecule has 4 saturated heterocycles. The smallest absolute Gasteiger partial charge is 0.312 e. The fraction of sp³-hybridized carbons (Fsp3) is 0.941. The van der Waals surface area contributed by atoms with Crippen LogP contribution in [0.3, 0.4) is 0 Å². The molecule has 0 aromatic rings. The molecule has 1 saturated carbocycles. The van der Waals surface area contributed by atoms with Gasteiger partial charge >= 0.3 is 5.97 Å². The third kappa shape index (κ3) is 2.41. The normalized spacial score (nSPS) is 49.7. The van der Waals surface area contributed by atoms with Crippen LogP contribution in [0.25, 0.3) is 0 Å². The summed E-state index contributed by atoms with van der Waals surface area (Å²) in [4.78, 5) is 35.0. The quantitative estimate of drug-likeness (QED) is 0.332. The number of nitrogens with zero attached hydrogens (tertiary/aromatic N) is 1. The number of carbonyl (C=O) groups is 1. The predicted molar refractivity (Wildman–Crippen MR) is 83.4 cm³/mol. The van der Waals surface area contributed by atoms with Gasteiger partial charge in [-0.05, 0) is 32.1 Å². The Morgan fingerprint density at radius 1 is 1.28 bits per heavy atom. The van der Waals surface area contributed by atoms with Crippen molar-refractivity contribution < 1.29 is 29.0 Å². The van der Waals surface area contributed by atoms with Gasteiger partial charge in [-0.3, -0.25) is 14.9 Å². The van der Waals surface area contributed by atoms with Crippen molar-refractivity contribution in [1.82, 2.24) is 0 Å². The molecule has 1 unspecified atom stereocenters. The lowest BCUT2D eigenvalue weighted by atomic mass is 9.57. The molecular weight excluding hydrogens is 330 g/mol. The summed E-state index contributed by atoms with van der Waals surface area (Å²) < 4.78 is 11.7. The zero-order valence-electron chi connectivity index (χ0n) is 14.8. The topological polar surface area (TPSA) is 97.1 Å². The molecule has 8 atom stereocenters. The van der Waals surface area contributed by atoms with E-state index >= 15 is 0 Å². The number of rotatable bonds is 3. The number of fused-ring (bicyclic) bond motifs is 2. The largest absolute Gasteiger partial charge is 0.432 e. The minimum atomic E-state index is -0.918. The second-order valence-electron chi connectivity index (χ2n) is 8.32. The van der Waals surface area contributed by atoms with Gasteiger partial charge in [-0.1, -0.05) is 6.92 Å². The highest BCUT2D eigenvalue weighted by Crippen LogP contribution is 2.60. The lowest BCUT2D eigenvalue weighted by Crippen LogP contribution is -2.70. The monoisotopic (exact) mass is 355 g/mol. The molecule has 4 aliphatic heterocycles. The minimum Gasteiger partial charge on any atom is -0.432 e. The molecule has 5 fully saturated rings. The molecule has 1 spiro atoms. The molecule has 5 rings (SSSR count). The molecule has 8 heteroatoms. The molecule has 8 nitrogen and oxygen atoms in total. The van der Waals surface area contributed by atoms with Crippen LogP contribution in [0.2, 0.25) is 0 Å². The van der Waals surface area contributed by atoms with E-state index in [1.807, 2.05) is 0 Å². The van der Waals surface area contributed by atoms with E-state index in [0.29, 0.717) is 12.3 Å². The maximum Gasteiger partial charge on any atom is 0.312 e. The molecule has 2 bridgehead atoms. The van der Waals surface area contributed by atoms with Gasteiger partial charge in [0.1, 0.15) is 0 Å². The summed E-state index contributed by atoms with van der Waals surface area (Å²) in [6, 6.07) is -0.815. The summed E-state index contributed by atoms with van der Waals surface area (Å²) in [5.74, 6) is -1.56. The van der Waals surface area contributed by atoms with Crippen molar-refractivity contribution >= 4 is 5.97 Å². The van der Waals surface area contributed by atoms with E-state index in [-0.39, 0.29) is 23.2 Å². The third-order valence-corrected chi connectivity index (χ3v) is 6.74. The summed E-state index contributed by atoms with van der Waals surface area (Å²) in [5.41, 5.74) is -0.859. The van der Waals surface area contributed by atoms with Crippen molar-refractivity contribution in [2.45, 2.75) is 76.6 Å².